The van der Waals surface area contributed by atoms with Gasteiger partial charge in [0.25, 0.3) is 0 Å². The predicted octanol–water partition coefficient (Wildman–Crippen LogP) is 10.5. The fourth-order valence-corrected chi connectivity index (χ4v) is 14.6. The number of nitrogens with zero attached hydrogens (tertiary/aromatic N) is 3. The third-order valence-electron chi connectivity index (χ3n) is 8.63. The van der Waals surface area contributed by atoms with Crippen LogP contribution in [0.4, 0.5) is 0 Å². The first kappa shape index (κ1) is 48.7. The quantitative estimate of drug-likeness (QED) is 0.0436. The molecule has 67 heavy (non-hydrogen) atoms. The maximum Gasteiger partial charge on any atom is 0.460 e. The number of rotatable bonds is 18. The van der Waals surface area contributed by atoms with E-state index < -0.39 is 58.8 Å². The zero-order chi connectivity index (χ0) is 47.2. The SMILES string of the molecule is O=C(O)c1ccc(OP2(Oc3ccc(C(=O)O)cc3)=NP(Oc3ccc(C(=O)O)cc3)(Oc3ccc(C(=O)O)cc3)=NP(Oc3ccc(C(=O)O)cc3)(Oc3ccc(C(=O)O)cc3)=N2)cc1.[V]. The second-order valence-electron chi connectivity index (χ2n) is 13.3. The van der Waals surface area contributed by atoms with E-state index in [0.717, 1.165) is 0 Å². The maximum absolute atomic E-state index is 11.8. The Morgan fingerprint density at radius 2 is 0.388 bits per heavy atom. The molecule has 0 fully saturated rings. The fraction of sp³-hybridized carbons (Fsp3) is 0. The first-order valence-corrected chi connectivity index (χ1v) is 23.1. The van der Waals surface area contributed by atoms with Crippen LogP contribution in [0.1, 0.15) is 62.1 Å². The summed E-state index contributed by atoms with van der Waals surface area (Å²) in [6.45, 7) is 0. The van der Waals surface area contributed by atoms with E-state index >= 15 is 0 Å². The molecule has 1 radical (unpaired) electrons. The molecule has 6 N–H and O–H groups in total. The summed E-state index contributed by atoms with van der Waals surface area (Å²) in [4.78, 5) is 71.1. The van der Waals surface area contributed by atoms with Crippen LogP contribution in [0.2, 0.25) is 0 Å². The maximum atomic E-state index is 11.8. The zero-order valence-corrected chi connectivity index (χ0v) is 37.6. The molecule has 1 aliphatic rings. The monoisotopic (exact) mass is 1010 g/mol. The summed E-state index contributed by atoms with van der Waals surface area (Å²) < 4.78 is 53.8. The predicted molar refractivity (Wildman–Crippen MR) is 232 cm³/mol. The first-order chi connectivity index (χ1) is 31.4. The molecule has 0 saturated heterocycles. The van der Waals surface area contributed by atoms with Gasteiger partial charge in [-0.3, -0.25) is 0 Å². The molecule has 1 heterocycles. The number of hydrogen-bond acceptors (Lipinski definition) is 15. The Labute approximate surface area is 389 Å². The molecule has 341 valence electrons. The molecule has 0 spiro atoms. The normalized spacial score (nSPS) is 13.8. The zero-order valence-electron chi connectivity index (χ0n) is 33.6. The minimum atomic E-state index is -4.72. The average molecular weight is 1010 g/mol. The van der Waals surface area contributed by atoms with Crippen LogP contribution in [0.5, 0.6) is 34.5 Å². The number of carboxylic acid groups (broad SMARTS) is 6. The van der Waals surface area contributed by atoms with E-state index in [9.17, 15) is 59.4 Å². The second-order valence-corrected chi connectivity index (χ2v) is 19.5. The molecule has 0 aliphatic carbocycles. The molecule has 0 aromatic heterocycles. The van der Waals surface area contributed by atoms with Crippen molar-refractivity contribution in [2.45, 2.75) is 0 Å². The third-order valence-corrected chi connectivity index (χ3v) is 16.7. The van der Waals surface area contributed by atoms with Crippen LogP contribution in [0.15, 0.2) is 159 Å². The topological polar surface area (TPSA) is 316 Å². The Bertz CT molecular complexity index is 2520. The number of carboxylic acids is 6. The standard InChI is InChI=1S/C42H30N3O18P3.V/c46-37(47)25-1-13-31(14-2-25)58-64(59-32-15-3-26(4-16-32)38(48)49)43-65(60-33-17-5-27(6-18-33)39(50)51,61-34-19-7-28(8-20-34)40(52)53)45-66(44-64,62-35-21-9-29(10-22-35)41(54)55)63-36-23-11-30(12-24-36)42(56)57;/h1-24H,(H,46,47)(H,48,49)(H,50,51)(H,52,53)(H,54,55)(H,56,57);. The minimum absolute atomic E-state index is 0. The average Bonchev–Trinajstić information content (AvgIpc) is 3.27. The molecule has 0 amide bonds. The molecule has 0 atom stereocenters. The third kappa shape index (κ3) is 11.9. The van der Waals surface area contributed by atoms with Crippen molar-refractivity contribution in [3.63, 3.8) is 0 Å². The Morgan fingerprint density at radius 1 is 0.269 bits per heavy atom. The molecule has 0 saturated carbocycles. The summed E-state index contributed by atoms with van der Waals surface area (Å²) in [5.41, 5.74) is -0.924. The first-order valence-electron chi connectivity index (χ1n) is 18.5. The number of benzene rings is 6. The van der Waals surface area contributed by atoms with Crippen molar-refractivity contribution in [1.82, 2.24) is 0 Å². The molecular formula is C42H30N3O18P3V. The minimum Gasteiger partial charge on any atom is -0.478 e. The van der Waals surface area contributed by atoms with Gasteiger partial charge < -0.3 is 57.8 Å². The molecule has 21 nitrogen and oxygen atoms in total. The number of carbonyl (C=O) groups is 6. The number of hydrogen-bond donors (Lipinski definition) is 6. The van der Waals surface area contributed by atoms with Crippen LogP contribution in [-0.2, 0) is 18.6 Å². The van der Waals surface area contributed by atoms with Gasteiger partial charge in [0.2, 0.25) is 0 Å². The molecule has 1 aliphatic heterocycles. The summed E-state index contributed by atoms with van der Waals surface area (Å²) in [6.07, 6.45) is 0. The van der Waals surface area contributed by atoms with Crippen molar-refractivity contribution in [2.24, 2.45) is 13.5 Å². The molecule has 0 bridgehead atoms. The fourth-order valence-electron chi connectivity index (χ4n) is 5.53. The van der Waals surface area contributed by atoms with E-state index in [0.29, 0.717) is 0 Å². The van der Waals surface area contributed by atoms with Gasteiger partial charge in [-0.2, -0.15) is 0 Å². The Kier molecular flexibility index (Phi) is 14.6. The summed E-state index contributed by atoms with van der Waals surface area (Å²) in [5.74, 6) is -8.47. The van der Waals surface area contributed by atoms with E-state index in [4.69, 9.17) is 40.7 Å². The smallest absolute Gasteiger partial charge is 0.460 e. The van der Waals surface area contributed by atoms with Crippen molar-refractivity contribution in [2.75, 3.05) is 0 Å². The van der Waals surface area contributed by atoms with Gasteiger partial charge in [0, 0.05) is 18.6 Å². The van der Waals surface area contributed by atoms with Crippen molar-refractivity contribution in [1.29, 1.82) is 0 Å². The molecule has 6 aromatic carbocycles. The van der Waals surface area contributed by atoms with Crippen LogP contribution in [0, 0.1) is 0 Å². The van der Waals surface area contributed by atoms with Crippen LogP contribution in [0.3, 0.4) is 0 Å². The van der Waals surface area contributed by atoms with Crippen molar-refractivity contribution in [3.8, 4) is 34.5 Å². The van der Waals surface area contributed by atoms with Gasteiger partial charge in [0.05, 0.1) is 33.4 Å². The Hall–Kier alpha value is -7.79. The van der Waals surface area contributed by atoms with E-state index in [2.05, 4.69) is 0 Å². The summed E-state index contributed by atoms with van der Waals surface area (Å²) >= 11 is 0. The van der Waals surface area contributed by atoms with Gasteiger partial charge >= 0.3 is 58.8 Å². The van der Waals surface area contributed by atoms with E-state index in [1.54, 1.807) is 0 Å². The van der Waals surface area contributed by atoms with Crippen LogP contribution in [0.25, 0.3) is 0 Å². The van der Waals surface area contributed by atoms with Crippen LogP contribution in [-0.4, -0.2) is 66.5 Å². The van der Waals surface area contributed by atoms with Gasteiger partial charge in [-0.1, -0.05) is 13.5 Å². The van der Waals surface area contributed by atoms with Crippen LogP contribution >= 0.6 is 23.0 Å². The Balaban J connectivity index is 0.00000741. The largest absolute Gasteiger partial charge is 0.478 e. The summed E-state index contributed by atoms with van der Waals surface area (Å²) in [6, 6.07) is 29.2. The van der Waals surface area contributed by atoms with E-state index in [1.807, 2.05) is 0 Å². The molecule has 7 rings (SSSR count). The van der Waals surface area contributed by atoms with Gasteiger partial charge in [-0.25, -0.2) is 28.8 Å². The molecular weight excluding hydrogens is 978 g/mol. The van der Waals surface area contributed by atoms with Crippen molar-refractivity contribution < 1.29 is 105 Å². The molecule has 25 heteroatoms. The summed E-state index contributed by atoms with van der Waals surface area (Å²) in [5, 5.41) is 57.9. The van der Waals surface area contributed by atoms with Crippen molar-refractivity contribution >= 4 is 58.8 Å². The van der Waals surface area contributed by atoms with Gasteiger partial charge in [0.15, 0.2) is 0 Å². The van der Waals surface area contributed by atoms with E-state index in [1.165, 1.54) is 146 Å². The van der Waals surface area contributed by atoms with Crippen LogP contribution < -0.4 is 27.1 Å². The molecule has 0 unspecified atom stereocenters. The Morgan fingerprint density at radius 3 is 0.493 bits per heavy atom. The second kappa shape index (κ2) is 20.2. The summed E-state index contributed by atoms with van der Waals surface area (Å²) in [7, 11) is -14.2. The number of aromatic carboxylic acids is 6. The van der Waals surface area contributed by atoms with Gasteiger partial charge in [-0.15, -0.1) is 0 Å². The van der Waals surface area contributed by atoms with E-state index in [-0.39, 0.29) is 86.4 Å². The molecule has 6 aromatic rings. The van der Waals surface area contributed by atoms with Gasteiger partial charge in [0.1, 0.15) is 34.5 Å². The van der Waals surface area contributed by atoms with Crippen molar-refractivity contribution in [3.05, 3.63) is 179 Å². The van der Waals surface area contributed by atoms with Gasteiger partial charge in [-0.05, 0) is 146 Å².